The van der Waals surface area contributed by atoms with Gasteiger partial charge in [0.05, 0.1) is 0 Å². The van der Waals surface area contributed by atoms with Crippen molar-refractivity contribution >= 4 is 23.7 Å². The molecule has 10 heteroatoms. The number of aliphatic hydroxyl groups excluding tert-OH is 2. The molecular formula is C4H15N3O6S. The summed E-state index contributed by atoms with van der Waals surface area (Å²) in [5.41, 5.74) is -3.83. The average Bonchev–Trinajstić information content (AvgIpc) is 1.87. The second-order valence-corrected chi connectivity index (χ2v) is 2.68. The van der Waals surface area contributed by atoms with E-state index in [9.17, 15) is 9.59 Å². The Kier molecular flexibility index (Phi) is 16.8. The summed E-state index contributed by atoms with van der Waals surface area (Å²) < 4.78 is 0. The number of thioether (sulfide) groups is 1. The van der Waals surface area contributed by atoms with Crippen molar-refractivity contribution in [1.82, 2.24) is 18.5 Å². The van der Waals surface area contributed by atoms with Crippen LogP contribution in [-0.4, -0.2) is 43.2 Å². The summed E-state index contributed by atoms with van der Waals surface area (Å²) in [6.45, 7) is 0. The van der Waals surface area contributed by atoms with Gasteiger partial charge >= 0.3 is 11.9 Å². The lowest BCUT2D eigenvalue weighted by atomic mass is 10.7. The van der Waals surface area contributed by atoms with E-state index < -0.39 is 22.8 Å². The molecule has 0 saturated heterocycles. The highest BCUT2D eigenvalue weighted by atomic mass is 32.2. The SMILES string of the molecule is N.N.N.O=C(O)C(O)SC(O)C(=O)O. The molecule has 0 aliphatic rings. The predicted molar refractivity (Wildman–Crippen MR) is 49.9 cm³/mol. The lowest BCUT2D eigenvalue weighted by molar-refractivity contribution is -0.142. The van der Waals surface area contributed by atoms with Crippen molar-refractivity contribution in [2.45, 2.75) is 10.9 Å². The number of carboxylic acid groups (broad SMARTS) is 2. The third-order valence-electron chi connectivity index (χ3n) is 0.680. The zero-order valence-electron chi connectivity index (χ0n) is 7.29. The zero-order valence-corrected chi connectivity index (χ0v) is 8.11. The summed E-state index contributed by atoms with van der Waals surface area (Å²) in [6, 6.07) is 0. The number of aliphatic hydroxyl groups is 2. The molecule has 88 valence electrons. The first-order valence-corrected chi connectivity index (χ1v) is 3.36. The van der Waals surface area contributed by atoms with E-state index in [0.717, 1.165) is 0 Å². The Balaban J connectivity index is -0.000000167. The molecule has 0 aliphatic carbocycles. The van der Waals surface area contributed by atoms with Crippen LogP contribution in [0.25, 0.3) is 0 Å². The van der Waals surface area contributed by atoms with E-state index in [1.54, 1.807) is 0 Å². The quantitative estimate of drug-likeness (QED) is 0.293. The van der Waals surface area contributed by atoms with Gasteiger partial charge in [-0.3, -0.25) is 0 Å². The van der Waals surface area contributed by atoms with E-state index in [1.807, 2.05) is 0 Å². The summed E-state index contributed by atoms with van der Waals surface area (Å²) in [4.78, 5) is 19.8. The molecule has 2 unspecified atom stereocenters. The molecule has 0 aromatic rings. The number of hydrogen-bond acceptors (Lipinski definition) is 8. The van der Waals surface area contributed by atoms with Crippen molar-refractivity contribution in [2.24, 2.45) is 0 Å². The molecule has 0 rings (SSSR count). The topological polar surface area (TPSA) is 220 Å². The molecule has 0 heterocycles. The van der Waals surface area contributed by atoms with Crippen molar-refractivity contribution < 1.29 is 30.0 Å². The largest absolute Gasteiger partial charge is 0.479 e. The Bertz CT molecular complexity index is 160. The number of carbonyl (C=O) groups is 2. The van der Waals surface area contributed by atoms with Crippen LogP contribution in [0.3, 0.4) is 0 Å². The third kappa shape index (κ3) is 9.18. The minimum absolute atomic E-state index is 0. The lowest BCUT2D eigenvalue weighted by Gasteiger charge is -2.06. The van der Waals surface area contributed by atoms with Gasteiger partial charge in [-0.25, -0.2) is 9.59 Å². The highest BCUT2D eigenvalue weighted by Crippen LogP contribution is 2.13. The molecule has 0 spiro atoms. The molecule has 0 aromatic carbocycles. The predicted octanol–water partition coefficient (Wildman–Crippen LogP) is -0.988. The second-order valence-electron chi connectivity index (χ2n) is 1.52. The van der Waals surface area contributed by atoms with Gasteiger partial charge in [-0.2, -0.15) is 0 Å². The smallest absolute Gasteiger partial charge is 0.343 e. The fourth-order valence-corrected chi connectivity index (χ4v) is 0.716. The molecule has 14 heavy (non-hydrogen) atoms. The van der Waals surface area contributed by atoms with Crippen LogP contribution in [0.2, 0.25) is 0 Å². The maximum atomic E-state index is 9.88. The van der Waals surface area contributed by atoms with Gasteiger partial charge < -0.3 is 38.9 Å². The van der Waals surface area contributed by atoms with Gasteiger partial charge in [-0.15, -0.1) is 0 Å². The Morgan fingerprint density at radius 2 is 1.07 bits per heavy atom. The maximum Gasteiger partial charge on any atom is 0.343 e. The van der Waals surface area contributed by atoms with Crippen LogP contribution in [-0.2, 0) is 9.59 Å². The van der Waals surface area contributed by atoms with Gasteiger partial charge in [-0.1, -0.05) is 11.8 Å². The molecule has 0 amide bonds. The standard InChI is InChI=1S/C4H6O6S.3H3N/c5-1(6)3(9)11-4(10)2(7)8;;;/h3-4,9-10H,(H,5,6)(H,7,8);3*1H3. The number of hydrogen-bond donors (Lipinski definition) is 7. The first-order chi connectivity index (χ1) is 4.95. The Labute approximate surface area is 83.9 Å². The van der Waals surface area contributed by atoms with Crippen molar-refractivity contribution in [3.63, 3.8) is 0 Å². The van der Waals surface area contributed by atoms with Gasteiger partial charge in [0.25, 0.3) is 0 Å². The first-order valence-electron chi connectivity index (χ1n) is 2.42. The molecule has 0 saturated carbocycles. The summed E-state index contributed by atoms with van der Waals surface area (Å²) in [5.74, 6) is -3.18. The Morgan fingerprint density at radius 3 is 1.21 bits per heavy atom. The normalized spacial score (nSPS) is 12.1. The van der Waals surface area contributed by atoms with E-state index in [-0.39, 0.29) is 30.2 Å². The van der Waals surface area contributed by atoms with E-state index >= 15 is 0 Å². The molecule has 0 radical (unpaired) electrons. The van der Waals surface area contributed by atoms with Crippen molar-refractivity contribution in [3.05, 3.63) is 0 Å². The maximum absolute atomic E-state index is 9.88. The molecule has 9 nitrogen and oxygen atoms in total. The molecule has 13 N–H and O–H groups in total. The molecule has 0 aliphatic heterocycles. The molecule has 0 fully saturated rings. The average molecular weight is 233 g/mol. The highest BCUT2D eigenvalue weighted by molar-refractivity contribution is 8.01. The number of carboxylic acids is 2. The van der Waals surface area contributed by atoms with E-state index in [4.69, 9.17) is 20.4 Å². The summed E-state index contributed by atoms with van der Waals surface area (Å²) in [5, 5.41) is 33.0. The molecule has 0 bridgehead atoms. The fourth-order valence-electron chi connectivity index (χ4n) is 0.239. The minimum Gasteiger partial charge on any atom is -0.479 e. The van der Waals surface area contributed by atoms with Crippen LogP contribution in [0, 0.1) is 0 Å². The van der Waals surface area contributed by atoms with E-state index in [0.29, 0.717) is 0 Å². The molecule has 2 atom stereocenters. The van der Waals surface area contributed by atoms with Crippen LogP contribution in [0.5, 0.6) is 0 Å². The zero-order chi connectivity index (χ0) is 9.02. The van der Waals surface area contributed by atoms with Crippen LogP contribution in [0.4, 0.5) is 0 Å². The molecular weight excluding hydrogens is 218 g/mol. The van der Waals surface area contributed by atoms with Gasteiger partial charge in [0.1, 0.15) is 0 Å². The van der Waals surface area contributed by atoms with E-state index in [2.05, 4.69) is 0 Å². The Morgan fingerprint density at radius 1 is 0.857 bits per heavy atom. The van der Waals surface area contributed by atoms with Gasteiger partial charge in [0, 0.05) is 0 Å². The second kappa shape index (κ2) is 10.2. The molecule has 0 aromatic heterocycles. The Hall–Kier alpha value is -0.910. The van der Waals surface area contributed by atoms with Gasteiger partial charge in [0.2, 0.25) is 10.9 Å². The lowest BCUT2D eigenvalue weighted by Crippen LogP contribution is -2.24. The highest BCUT2D eigenvalue weighted by Gasteiger charge is 2.23. The summed E-state index contributed by atoms with van der Waals surface area (Å²) >= 11 is 0.0278. The van der Waals surface area contributed by atoms with Gasteiger partial charge in [-0.05, 0) is 0 Å². The van der Waals surface area contributed by atoms with E-state index in [1.165, 1.54) is 0 Å². The summed E-state index contributed by atoms with van der Waals surface area (Å²) in [6.07, 6.45) is 0. The fraction of sp³-hybridized carbons (Fsp3) is 0.500. The van der Waals surface area contributed by atoms with Crippen LogP contribution < -0.4 is 18.5 Å². The third-order valence-corrected chi connectivity index (χ3v) is 1.60. The number of aliphatic carboxylic acids is 2. The van der Waals surface area contributed by atoms with Crippen LogP contribution in [0.15, 0.2) is 0 Å². The van der Waals surface area contributed by atoms with Crippen molar-refractivity contribution in [1.29, 1.82) is 0 Å². The van der Waals surface area contributed by atoms with Crippen LogP contribution in [0.1, 0.15) is 0 Å². The van der Waals surface area contributed by atoms with Gasteiger partial charge in [0.15, 0.2) is 0 Å². The van der Waals surface area contributed by atoms with Crippen molar-refractivity contribution in [2.75, 3.05) is 0 Å². The van der Waals surface area contributed by atoms with Crippen molar-refractivity contribution in [3.8, 4) is 0 Å². The number of rotatable bonds is 4. The monoisotopic (exact) mass is 233 g/mol. The minimum atomic E-state index is -1.92. The summed E-state index contributed by atoms with van der Waals surface area (Å²) in [7, 11) is 0. The first kappa shape index (κ1) is 23.2. The van der Waals surface area contributed by atoms with Crippen LogP contribution >= 0.6 is 11.8 Å².